The van der Waals surface area contributed by atoms with Crippen LogP contribution >= 0.6 is 0 Å². The molecule has 1 aliphatic carbocycles. The molecule has 0 aromatic heterocycles. The zero-order chi connectivity index (χ0) is 27.5. The Balaban J connectivity index is 1.47. The second kappa shape index (κ2) is 11.3. The van der Waals surface area contributed by atoms with E-state index in [1.54, 1.807) is 0 Å². The number of rotatable bonds is 8. The zero-order valence-corrected chi connectivity index (χ0v) is 23.3. The SMILES string of the molecule is CC1CC(C)(C)CC(c2ccc(Oc3ccccc3CN)cc2)(c2ccc(Oc3ccccc3CN)cc2)C1. The van der Waals surface area contributed by atoms with Crippen molar-refractivity contribution in [2.24, 2.45) is 22.8 Å². The molecule has 1 unspecified atom stereocenters. The van der Waals surface area contributed by atoms with Crippen molar-refractivity contribution in [1.29, 1.82) is 0 Å². The molecule has 1 aliphatic rings. The second-order valence-electron chi connectivity index (χ2n) is 11.8. The van der Waals surface area contributed by atoms with E-state index in [9.17, 15) is 0 Å². The summed E-state index contributed by atoms with van der Waals surface area (Å²) in [6.07, 6.45) is 3.41. The molecule has 0 saturated heterocycles. The van der Waals surface area contributed by atoms with Gasteiger partial charge in [-0.15, -0.1) is 0 Å². The van der Waals surface area contributed by atoms with Gasteiger partial charge < -0.3 is 20.9 Å². The van der Waals surface area contributed by atoms with Gasteiger partial charge in [0.15, 0.2) is 0 Å². The predicted octanol–water partition coefficient (Wildman–Crippen LogP) is 8.32. The largest absolute Gasteiger partial charge is 0.457 e. The highest BCUT2D eigenvalue weighted by Crippen LogP contribution is 2.54. The van der Waals surface area contributed by atoms with Crippen LogP contribution in [0.4, 0.5) is 0 Å². The molecule has 4 nitrogen and oxygen atoms in total. The minimum absolute atomic E-state index is 0.0947. The first-order chi connectivity index (χ1) is 18.8. The van der Waals surface area contributed by atoms with Crippen molar-refractivity contribution in [2.45, 2.75) is 58.5 Å². The summed E-state index contributed by atoms with van der Waals surface area (Å²) in [6.45, 7) is 8.08. The van der Waals surface area contributed by atoms with Crippen LogP contribution in [0.2, 0.25) is 0 Å². The highest BCUT2D eigenvalue weighted by Gasteiger charge is 2.45. The quantitative estimate of drug-likeness (QED) is 0.245. The standard InChI is InChI=1S/C35H40N2O2/c1-25-20-34(2,3)24-35(21-25,28-12-16-30(17-13-28)38-32-10-6-4-8-26(32)22-36)29-14-18-31(19-15-29)39-33-11-7-5-9-27(33)23-37/h4-19,25H,20-24,36-37H2,1-3H3. The van der Waals surface area contributed by atoms with Crippen LogP contribution in [0.3, 0.4) is 0 Å². The van der Waals surface area contributed by atoms with Crippen molar-refractivity contribution in [3.8, 4) is 23.0 Å². The molecule has 1 fully saturated rings. The Kier molecular flexibility index (Phi) is 7.79. The Morgan fingerprint density at radius 1 is 0.641 bits per heavy atom. The van der Waals surface area contributed by atoms with Gasteiger partial charge in [-0.3, -0.25) is 0 Å². The summed E-state index contributed by atoms with van der Waals surface area (Å²) in [4.78, 5) is 0. The molecule has 0 amide bonds. The second-order valence-corrected chi connectivity index (χ2v) is 11.8. The topological polar surface area (TPSA) is 70.5 Å². The molecular formula is C35H40N2O2. The van der Waals surface area contributed by atoms with E-state index in [0.29, 0.717) is 19.0 Å². The number of para-hydroxylation sites is 2. The number of nitrogens with two attached hydrogens (primary N) is 2. The molecule has 0 aliphatic heterocycles. The molecule has 1 saturated carbocycles. The number of hydrogen-bond donors (Lipinski definition) is 2. The Labute approximate surface area is 233 Å². The van der Waals surface area contributed by atoms with Crippen molar-refractivity contribution in [3.05, 3.63) is 119 Å². The van der Waals surface area contributed by atoms with Crippen LogP contribution in [0.1, 0.15) is 62.3 Å². The summed E-state index contributed by atoms with van der Waals surface area (Å²) in [5.74, 6) is 3.86. The van der Waals surface area contributed by atoms with Gasteiger partial charge in [-0.05, 0) is 78.1 Å². The third kappa shape index (κ3) is 5.88. The van der Waals surface area contributed by atoms with E-state index in [-0.39, 0.29) is 10.8 Å². The minimum Gasteiger partial charge on any atom is -0.457 e. The molecule has 202 valence electrons. The molecule has 0 bridgehead atoms. The van der Waals surface area contributed by atoms with Crippen molar-refractivity contribution >= 4 is 0 Å². The first kappa shape index (κ1) is 27.0. The predicted molar refractivity (Wildman–Crippen MR) is 159 cm³/mol. The molecule has 4 aromatic carbocycles. The number of benzene rings is 4. The van der Waals surface area contributed by atoms with E-state index >= 15 is 0 Å². The Bertz CT molecular complexity index is 1300. The third-order valence-corrected chi connectivity index (χ3v) is 8.03. The monoisotopic (exact) mass is 520 g/mol. The lowest BCUT2D eigenvalue weighted by Crippen LogP contribution is -2.41. The van der Waals surface area contributed by atoms with E-state index in [4.69, 9.17) is 20.9 Å². The normalized spacial score (nSPS) is 17.9. The fourth-order valence-electron chi connectivity index (χ4n) is 6.66. The van der Waals surface area contributed by atoms with Crippen molar-refractivity contribution in [3.63, 3.8) is 0 Å². The first-order valence-electron chi connectivity index (χ1n) is 13.9. The molecule has 0 radical (unpaired) electrons. The number of hydrogen-bond acceptors (Lipinski definition) is 4. The summed E-state index contributed by atoms with van der Waals surface area (Å²) < 4.78 is 12.5. The zero-order valence-electron chi connectivity index (χ0n) is 23.3. The van der Waals surface area contributed by atoms with Crippen LogP contribution < -0.4 is 20.9 Å². The smallest absolute Gasteiger partial charge is 0.131 e. The van der Waals surface area contributed by atoms with E-state index in [1.165, 1.54) is 17.5 Å². The van der Waals surface area contributed by atoms with Crippen LogP contribution in [-0.4, -0.2) is 0 Å². The Hall–Kier alpha value is -3.60. The fraction of sp³-hybridized carbons (Fsp3) is 0.314. The maximum absolute atomic E-state index is 6.23. The van der Waals surface area contributed by atoms with E-state index in [1.807, 2.05) is 48.5 Å². The van der Waals surface area contributed by atoms with Gasteiger partial charge in [0, 0.05) is 29.6 Å². The van der Waals surface area contributed by atoms with Crippen molar-refractivity contribution in [1.82, 2.24) is 0 Å². The molecule has 0 spiro atoms. The highest BCUT2D eigenvalue weighted by molar-refractivity contribution is 5.47. The maximum Gasteiger partial charge on any atom is 0.131 e. The van der Waals surface area contributed by atoms with E-state index in [2.05, 4.69) is 69.3 Å². The molecule has 1 atom stereocenters. The van der Waals surface area contributed by atoms with Gasteiger partial charge in [-0.1, -0.05) is 81.4 Å². The van der Waals surface area contributed by atoms with Crippen LogP contribution in [0.15, 0.2) is 97.1 Å². The average Bonchev–Trinajstić information content (AvgIpc) is 2.93. The highest BCUT2D eigenvalue weighted by atomic mass is 16.5. The molecule has 39 heavy (non-hydrogen) atoms. The van der Waals surface area contributed by atoms with Gasteiger partial charge in [0.25, 0.3) is 0 Å². The summed E-state index contributed by atoms with van der Waals surface area (Å²) in [5, 5.41) is 0. The summed E-state index contributed by atoms with van der Waals surface area (Å²) in [7, 11) is 0. The van der Waals surface area contributed by atoms with Gasteiger partial charge >= 0.3 is 0 Å². The maximum atomic E-state index is 6.23. The van der Waals surface area contributed by atoms with Crippen LogP contribution in [0.5, 0.6) is 23.0 Å². The fourth-order valence-corrected chi connectivity index (χ4v) is 6.66. The third-order valence-electron chi connectivity index (χ3n) is 8.03. The van der Waals surface area contributed by atoms with Gasteiger partial charge in [-0.25, -0.2) is 0 Å². The summed E-state index contributed by atoms with van der Waals surface area (Å²) in [5.41, 5.74) is 16.6. The first-order valence-corrected chi connectivity index (χ1v) is 13.9. The van der Waals surface area contributed by atoms with Crippen molar-refractivity contribution in [2.75, 3.05) is 0 Å². The van der Waals surface area contributed by atoms with Gasteiger partial charge in [0.1, 0.15) is 23.0 Å². The lowest BCUT2D eigenvalue weighted by Gasteiger charge is -2.48. The van der Waals surface area contributed by atoms with Gasteiger partial charge in [0.2, 0.25) is 0 Å². The summed E-state index contributed by atoms with van der Waals surface area (Å²) >= 11 is 0. The lowest BCUT2D eigenvalue weighted by molar-refractivity contribution is 0.127. The molecular weight excluding hydrogens is 480 g/mol. The van der Waals surface area contributed by atoms with E-state index in [0.717, 1.165) is 47.0 Å². The molecule has 4 aromatic rings. The van der Waals surface area contributed by atoms with Crippen LogP contribution in [-0.2, 0) is 18.5 Å². The number of ether oxygens (including phenoxy) is 2. The molecule has 5 rings (SSSR count). The van der Waals surface area contributed by atoms with Gasteiger partial charge in [0.05, 0.1) is 0 Å². The summed E-state index contributed by atoms with van der Waals surface area (Å²) in [6, 6.07) is 33.2. The lowest BCUT2D eigenvalue weighted by atomic mass is 9.55. The van der Waals surface area contributed by atoms with E-state index < -0.39 is 0 Å². The van der Waals surface area contributed by atoms with Crippen molar-refractivity contribution < 1.29 is 9.47 Å². The molecule has 0 heterocycles. The van der Waals surface area contributed by atoms with Crippen LogP contribution in [0, 0.1) is 11.3 Å². The average molecular weight is 521 g/mol. The van der Waals surface area contributed by atoms with Crippen LogP contribution in [0.25, 0.3) is 0 Å². The minimum atomic E-state index is -0.0947. The Morgan fingerprint density at radius 2 is 1.08 bits per heavy atom. The Morgan fingerprint density at radius 3 is 1.49 bits per heavy atom. The van der Waals surface area contributed by atoms with Gasteiger partial charge in [-0.2, -0.15) is 0 Å². The molecule has 4 heteroatoms. The molecule has 4 N–H and O–H groups in total.